The molecular weight excluding hydrogens is 278 g/mol. The maximum Gasteiger partial charge on any atom is 0.254 e. The van der Waals surface area contributed by atoms with Gasteiger partial charge >= 0.3 is 0 Å². The van der Waals surface area contributed by atoms with Crippen molar-refractivity contribution in [2.45, 2.75) is 64.7 Å². The van der Waals surface area contributed by atoms with Gasteiger partial charge in [-0.05, 0) is 71.2 Å². The van der Waals surface area contributed by atoms with Crippen LogP contribution in [0.1, 0.15) is 57.3 Å². The maximum atomic E-state index is 12.6. The van der Waals surface area contributed by atoms with E-state index < -0.39 is 0 Å². The van der Waals surface area contributed by atoms with Crippen molar-refractivity contribution < 1.29 is 14.6 Å². The van der Waals surface area contributed by atoms with E-state index in [4.69, 9.17) is 4.74 Å². The van der Waals surface area contributed by atoms with E-state index in [0.717, 1.165) is 25.1 Å². The average molecular weight is 305 g/mol. The Labute approximate surface area is 133 Å². The van der Waals surface area contributed by atoms with Crippen molar-refractivity contribution in [2.75, 3.05) is 6.54 Å². The van der Waals surface area contributed by atoms with Crippen LogP contribution in [0.2, 0.25) is 0 Å². The fourth-order valence-corrected chi connectivity index (χ4v) is 2.93. The highest BCUT2D eigenvalue weighted by atomic mass is 16.5. The van der Waals surface area contributed by atoms with Gasteiger partial charge in [0.05, 0.1) is 6.10 Å². The molecule has 4 nitrogen and oxygen atoms in total. The van der Waals surface area contributed by atoms with Gasteiger partial charge < -0.3 is 14.7 Å². The van der Waals surface area contributed by atoms with Crippen molar-refractivity contribution in [1.29, 1.82) is 0 Å². The molecule has 2 unspecified atom stereocenters. The van der Waals surface area contributed by atoms with E-state index in [-0.39, 0.29) is 23.7 Å². The lowest BCUT2D eigenvalue weighted by atomic mass is 10.1. The van der Waals surface area contributed by atoms with Gasteiger partial charge in [0.15, 0.2) is 0 Å². The highest BCUT2D eigenvalue weighted by Gasteiger charge is 2.30. The average Bonchev–Trinajstić information content (AvgIpc) is 2.84. The van der Waals surface area contributed by atoms with E-state index in [2.05, 4.69) is 0 Å². The number of rotatable bonds is 4. The number of aliphatic hydroxyl groups excluding tert-OH is 1. The molecule has 1 N–H and O–H groups in total. The van der Waals surface area contributed by atoms with Crippen LogP contribution in [-0.4, -0.2) is 40.2 Å². The van der Waals surface area contributed by atoms with Gasteiger partial charge in [-0.3, -0.25) is 4.79 Å². The van der Waals surface area contributed by atoms with Gasteiger partial charge in [-0.1, -0.05) is 0 Å². The van der Waals surface area contributed by atoms with Crippen molar-refractivity contribution >= 4 is 5.91 Å². The molecule has 0 bridgehead atoms. The van der Waals surface area contributed by atoms with Crippen LogP contribution in [0.5, 0.6) is 5.75 Å². The molecule has 1 aromatic carbocycles. The molecular formula is C18H27NO3. The van der Waals surface area contributed by atoms with E-state index in [1.54, 1.807) is 6.92 Å². The van der Waals surface area contributed by atoms with Crippen molar-refractivity contribution in [2.24, 2.45) is 0 Å². The fourth-order valence-electron chi connectivity index (χ4n) is 2.93. The van der Waals surface area contributed by atoms with Gasteiger partial charge in [-0.25, -0.2) is 0 Å². The molecule has 0 saturated carbocycles. The molecule has 1 aliphatic heterocycles. The number of likely N-dealkylation sites (tertiary alicyclic amines) is 1. The first-order chi connectivity index (χ1) is 10.3. The number of ether oxygens (including phenoxy) is 1. The Hall–Kier alpha value is -1.55. The van der Waals surface area contributed by atoms with Gasteiger partial charge in [-0.2, -0.15) is 0 Å². The first-order valence-electron chi connectivity index (χ1n) is 8.04. The molecule has 0 aromatic heterocycles. The second kappa shape index (κ2) is 6.69. The smallest absolute Gasteiger partial charge is 0.254 e. The van der Waals surface area contributed by atoms with E-state index >= 15 is 0 Å². The lowest BCUT2D eigenvalue weighted by Crippen LogP contribution is -2.37. The van der Waals surface area contributed by atoms with Crippen LogP contribution in [0.3, 0.4) is 0 Å². The third kappa shape index (κ3) is 4.47. The molecule has 0 spiro atoms. The normalized spacial score (nSPS) is 20.0. The number of aliphatic hydroxyl groups is 1. The van der Waals surface area contributed by atoms with Crippen LogP contribution >= 0.6 is 0 Å². The topological polar surface area (TPSA) is 49.8 Å². The van der Waals surface area contributed by atoms with Crippen LogP contribution in [0.4, 0.5) is 0 Å². The zero-order valence-corrected chi connectivity index (χ0v) is 14.0. The predicted octanol–water partition coefficient (Wildman–Crippen LogP) is 3.24. The summed E-state index contributed by atoms with van der Waals surface area (Å²) >= 11 is 0. The summed E-state index contributed by atoms with van der Waals surface area (Å²) in [7, 11) is 0. The molecule has 1 aromatic rings. The van der Waals surface area contributed by atoms with Crippen LogP contribution < -0.4 is 4.74 Å². The van der Waals surface area contributed by atoms with Crippen LogP contribution in [0.25, 0.3) is 0 Å². The summed E-state index contributed by atoms with van der Waals surface area (Å²) in [6.45, 7) is 8.54. The lowest BCUT2D eigenvalue weighted by Gasteiger charge is -2.26. The number of carbonyl (C=O) groups excluding carboxylic acids is 1. The summed E-state index contributed by atoms with van der Waals surface area (Å²) in [5.41, 5.74) is 0.432. The predicted molar refractivity (Wildman–Crippen MR) is 87.2 cm³/mol. The first kappa shape index (κ1) is 16.8. The van der Waals surface area contributed by atoms with E-state index in [1.807, 2.05) is 49.9 Å². The summed E-state index contributed by atoms with van der Waals surface area (Å²) in [5, 5.41) is 9.57. The minimum atomic E-state index is -0.374. The minimum absolute atomic E-state index is 0.0467. The SMILES string of the molecule is CC(O)CC1CCCN1C(=O)c1ccc(OC(C)(C)C)cc1. The van der Waals surface area contributed by atoms with Crippen LogP contribution in [0.15, 0.2) is 24.3 Å². The summed E-state index contributed by atoms with van der Waals surface area (Å²) in [6.07, 6.45) is 2.26. The zero-order chi connectivity index (χ0) is 16.3. The number of benzene rings is 1. The maximum absolute atomic E-state index is 12.6. The Balaban J connectivity index is 2.06. The summed E-state index contributed by atoms with van der Waals surface area (Å²) in [4.78, 5) is 14.5. The monoisotopic (exact) mass is 305 g/mol. The lowest BCUT2D eigenvalue weighted by molar-refractivity contribution is 0.0682. The molecule has 2 rings (SSSR count). The van der Waals surface area contributed by atoms with Gasteiger partial charge in [-0.15, -0.1) is 0 Å². The zero-order valence-electron chi connectivity index (χ0n) is 14.0. The second-order valence-electron chi connectivity index (χ2n) is 7.12. The van der Waals surface area contributed by atoms with Gasteiger partial charge in [0.25, 0.3) is 5.91 Å². The molecule has 4 heteroatoms. The molecule has 1 saturated heterocycles. The molecule has 1 fully saturated rings. The Kier molecular flexibility index (Phi) is 5.12. The fraction of sp³-hybridized carbons (Fsp3) is 0.611. The van der Waals surface area contributed by atoms with E-state index in [0.29, 0.717) is 12.0 Å². The van der Waals surface area contributed by atoms with Crippen molar-refractivity contribution in [3.63, 3.8) is 0 Å². The highest BCUT2D eigenvalue weighted by molar-refractivity contribution is 5.94. The third-order valence-electron chi connectivity index (χ3n) is 3.78. The molecule has 22 heavy (non-hydrogen) atoms. The number of hydrogen-bond donors (Lipinski definition) is 1. The van der Waals surface area contributed by atoms with E-state index in [1.165, 1.54) is 0 Å². The highest BCUT2D eigenvalue weighted by Crippen LogP contribution is 2.25. The molecule has 2 atom stereocenters. The van der Waals surface area contributed by atoms with Crippen molar-refractivity contribution in [1.82, 2.24) is 4.90 Å². The Morgan fingerprint density at radius 1 is 1.36 bits per heavy atom. The molecule has 1 heterocycles. The molecule has 0 aliphatic carbocycles. The largest absolute Gasteiger partial charge is 0.488 e. The quantitative estimate of drug-likeness (QED) is 0.929. The summed E-state index contributed by atoms with van der Waals surface area (Å²) in [5.74, 6) is 0.816. The number of hydrogen-bond acceptors (Lipinski definition) is 3. The number of carbonyl (C=O) groups is 1. The number of nitrogens with zero attached hydrogens (tertiary/aromatic N) is 1. The van der Waals surface area contributed by atoms with Crippen molar-refractivity contribution in [3.8, 4) is 5.75 Å². The standard InChI is InChI=1S/C18H27NO3/c1-13(20)12-15-6-5-11-19(15)17(21)14-7-9-16(10-8-14)22-18(2,3)4/h7-10,13,15,20H,5-6,11-12H2,1-4H3. The third-order valence-corrected chi connectivity index (χ3v) is 3.78. The van der Waals surface area contributed by atoms with Gasteiger partial charge in [0.2, 0.25) is 0 Å². The summed E-state index contributed by atoms with van der Waals surface area (Å²) < 4.78 is 5.78. The van der Waals surface area contributed by atoms with Crippen molar-refractivity contribution in [3.05, 3.63) is 29.8 Å². The number of amides is 1. The van der Waals surface area contributed by atoms with Gasteiger partial charge in [0, 0.05) is 18.2 Å². The van der Waals surface area contributed by atoms with Crippen LogP contribution in [0, 0.1) is 0 Å². The summed E-state index contributed by atoms with van der Waals surface area (Å²) in [6, 6.07) is 7.48. The second-order valence-corrected chi connectivity index (χ2v) is 7.12. The Bertz CT molecular complexity index is 502. The van der Waals surface area contributed by atoms with Crippen LogP contribution in [-0.2, 0) is 0 Å². The first-order valence-corrected chi connectivity index (χ1v) is 8.04. The van der Waals surface area contributed by atoms with Gasteiger partial charge in [0.1, 0.15) is 11.4 Å². The minimum Gasteiger partial charge on any atom is -0.488 e. The Morgan fingerprint density at radius 3 is 2.55 bits per heavy atom. The molecule has 1 aliphatic rings. The molecule has 0 radical (unpaired) electrons. The Morgan fingerprint density at radius 2 is 2.00 bits per heavy atom. The molecule has 1 amide bonds. The molecule has 122 valence electrons. The van der Waals surface area contributed by atoms with E-state index in [9.17, 15) is 9.90 Å².